The Balaban J connectivity index is 1.63. The number of benzene rings is 3. The molecule has 4 heteroatoms. The number of para-hydroxylation sites is 2. The monoisotopic (exact) mass is 391 g/mol. The van der Waals surface area contributed by atoms with Gasteiger partial charge in [-0.15, -0.1) is 0 Å². The van der Waals surface area contributed by atoms with E-state index in [1.165, 1.54) is 5.56 Å². The van der Waals surface area contributed by atoms with Crippen LogP contribution in [0.25, 0.3) is 0 Å². The van der Waals surface area contributed by atoms with Gasteiger partial charge in [-0.2, -0.15) is 0 Å². The molecule has 0 aliphatic carbocycles. The summed E-state index contributed by atoms with van der Waals surface area (Å²) in [5.74, 6) is 2.52. The molecular formula is C25H29NO3. The summed E-state index contributed by atoms with van der Waals surface area (Å²) in [6, 6.07) is 24.4. The maximum Gasteiger partial charge on any atom is 0.166 e. The molecule has 0 spiro atoms. The first-order valence-electron chi connectivity index (χ1n) is 10.1. The molecule has 29 heavy (non-hydrogen) atoms. The highest BCUT2D eigenvalue weighted by atomic mass is 16.5. The molecule has 0 heterocycles. The summed E-state index contributed by atoms with van der Waals surface area (Å²) < 4.78 is 17.4. The lowest BCUT2D eigenvalue weighted by Crippen LogP contribution is -2.18. The molecule has 0 radical (unpaired) electrons. The Morgan fingerprint density at radius 3 is 2.28 bits per heavy atom. The van der Waals surface area contributed by atoms with Crippen LogP contribution in [0.15, 0.2) is 72.8 Å². The van der Waals surface area contributed by atoms with Crippen molar-refractivity contribution in [3.8, 4) is 17.2 Å². The summed E-state index contributed by atoms with van der Waals surface area (Å²) in [6.45, 7) is 4.65. The largest absolute Gasteiger partial charge is 0.496 e. The van der Waals surface area contributed by atoms with E-state index in [0.29, 0.717) is 19.8 Å². The average Bonchev–Trinajstić information content (AvgIpc) is 2.77. The molecule has 0 aliphatic rings. The first-order valence-corrected chi connectivity index (χ1v) is 10.1. The zero-order chi connectivity index (χ0) is 20.3. The van der Waals surface area contributed by atoms with Gasteiger partial charge in [0.15, 0.2) is 11.5 Å². The standard InChI is InChI=1S/C25H29NO3/c1-3-28-24-15-9-13-22(25(24)29-19-20-10-5-4-6-11-20)18-26-17-16-21-12-7-8-14-23(21)27-2/h4-15,26H,3,16-19H2,1-2H3. The van der Waals surface area contributed by atoms with Gasteiger partial charge in [-0.3, -0.25) is 0 Å². The number of nitrogens with one attached hydrogen (secondary N) is 1. The quantitative estimate of drug-likeness (QED) is 0.467. The van der Waals surface area contributed by atoms with Crippen molar-refractivity contribution < 1.29 is 14.2 Å². The molecule has 0 atom stereocenters. The zero-order valence-corrected chi connectivity index (χ0v) is 17.2. The fourth-order valence-corrected chi connectivity index (χ4v) is 3.22. The fraction of sp³-hybridized carbons (Fsp3) is 0.280. The van der Waals surface area contributed by atoms with Gasteiger partial charge in [-0.05, 0) is 43.1 Å². The van der Waals surface area contributed by atoms with Crippen LogP contribution in [0, 0.1) is 0 Å². The van der Waals surface area contributed by atoms with Crippen LogP contribution in [0.2, 0.25) is 0 Å². The van der Waals surface area contributed by atoms with Crippen molar-refractivity contribution in [1.29, 1.82) is 0 Å². The molecule has 152 valence electrons. The summed E-state index contributed by atoms with van der Waals surface area (Å²) >= 11 is 0. The SMILES string of the molecule is CCOc1cccc(CNCCc2ccccc2OC)c1OCc1ccccc1. The lowest BCUT2D eigenvalue weighted by Gasteiger charge is -2.17. The third-order valence-corrected chi connectivity index (χ3v) is 4.67. The molecule has 0 unspecified atom stereocenters. The van der Waals surface area contributed by atoms with Crippen molar-refractivity contribution in [1.82, 2.24) is 5.32 Å². The third-order valence-electron chi connectivity index (χ3n) is 4.67. The van der Waals surface area contributed by atoms with Gasteiger partial charge in [0.1, 0.15) is 12.4 Å². The molecule has 0 aromatic heterocycles. The molecule has 3 aromatic rings. The van der Waals surface area contributed by atoms with Gasteiger partial charge in [0.05, 0.1) is 13.7 Å². The number of rotatable bonds is 11. The maximum absolute atomic E-state index is 6.17. The molecule has 0 aliphatic heterocycles. The summed E-state index contributed by atoms with van der Waals surface area (Å²) in [7, 11) is 1.71. The normalized spacial score (nSPS) is 10.6. The second kappa shape index (κ2) is 11.1. The highest BCUT2D eigenvalue weighted by molar-refractivity contribution is 5.47. The van der Waals surface area contributed by atoms with Gasteiger partial charge < -0.3 is 19.5 Å². The van der Waals surface area contributed by atoms with Crippen LogP contribution in [0.5, 0.6) is 17.2 Å². The Labute approximate surface area is 173 Å². The maximum atomic E-state index is 6.17. The molecule has 3 rings (SSSR count). The van der Waals surface area contributed by atoms with E-state index in [4.69, 9.17) is 14.2 Å². The van der Waals surface area contributed by atoms with Crippen molar-refractivity contribution in [3.63, 3.8) is 0 Å². The number of hydrogen-bond donors (Lipinski definition) is 1. The van der Waals surface area contributed by atoms with E-state index in [0.717, 1.165) is 41.3 Å². The van der Waals surface area contributed by atoms with Crippen LogP contribution < -0.4 is 19.5 Å². The average molecular weight is 392 g/mol. The minimum atomic E-state index is 0.513. The third kappa shape index (κ3) is 6.00. The van der Waals surface area contributed by atoms with Crippen LogP contribution in [-0.4, -0.2) is 20.3 Å². The van der Waals surface area contributed by atoms with Crippen molar-refractivity contribution in [2.75, 3.05) is 20.3 Å². The zero-order valence-electron chi connectivity index (χ0n) is 17.2. The summed E-state index contributed by atoms with van der Waals surface area (Å²) in [5.41, 5.74) is 3.42. The van der Waals surface area contributed by atoms with Crippen molar-refractivity contribution in [2.24, 2.45) is 0 Å². The lowest BCUT2D eigenvalue weighted by molar-refractivity contribution is 0.266. The van der Waals surface area contributed by atoms with Crippen molar-refractivity contribution in [2.45, 2.75) is 26.5 Å². The second-order valence-electron chi connectivity index (χ2n) is 6.69. The van der Waals surface area contributed by atoms with Crippen LogP contribution >= 0.6 is 0 Å². The predicted molar refractivity (Wildman–Crippen MR) is 117 cm³/mol. The molecule has 3 aromatic carbocycles. The van der Waals surface area contributed by atoms with E-state index in [-0.39, 0.29) is 0 Å². The van der Waals surface area contributed by atoms with E-state index in [9.17, 15) is 0 Å². The van der Waals surface area contributed by atoms with Crippen LogP contribution in [0.3, 0.4) is 0 Å². The number of ether oxygens (including phenoxy) is 3. The minimum Gasteiger partial charge on any atom is -0.496 e. The first-order chi connectivity index (χ1) is 14.3. The molecule has 0 saturated carbocycles. The molecular weight excluding hydrogens is 362 g/mol. The summed E-state index contributed by atoms with van der Waals surface area (Å²) in [4.78, 5) is 0. The number of hydrogen-bond acceptors (Lipinski definition) is 4. The second-order valence-corrected chi connectivity index (χ2v) is 6.69. The minimum absolute atomic E-state index is 0.513. The summed E-state index contributed by atoms with van der Waals surface area (Å²) in [6.07, 6.45) is 0.898. The Bertz CT molecular complexity index is 880. The van der Waals surface area contributed by atoms with Gasteiger partial charge in [-0.25, -0.2) is 0 Å². The van der Waals surface area contributed by atoms with E-state index in [1.54, 1.807) is 7.11 Å². The molecule has 0 bridgehead atoms. The topological polar surface area (TPSA) is 39.7 Å². The van der Waals surface area contributed by atoms with Gasteiger partial charge in [0, 0.05) is 12.1 Å². The Morgan fingerprint density at radius 1 is 0.759 bits per heavy atom. The van der Waals surface area contributed by atoms with Crippen molar-refractivity contribution in [3.05, 3.63) is 89.5 Å². The Morgan fingerprint density at radius 2 is 1.48 bits per heavy atom. The van der Waals surface area contributed by atoms with E-state index in [1.807, 2.05) is 55.5 Å². The highest BCUT2D eigenvalue weighted by Crippen LogP contribution is 2.32. The summed E-state index contributed by atoms with van der Waals surface area (Å²) in [5, 5.41) is 3.52. The molecule has 4 nitrogen and oxygen atoms in total. The molecule has 0 amide bonds. The van der Waals surface area contributed by atoms with Gasteiger partial charge in [0.2, 0.25) is 0 Å². The Kier molecular flexibility index (Phi) is 7.96. The van der Waals surface area contributed by atoms with Crippen LogP contribution in [-0.2, 0) is 19.6 Å². The molecule has 1 N–H and O–H groups in total. The lowest BCUT2D eigenvalue weighted by atomic mass is 10.1. The first kappa shape index (κ1) is 20.7. The van der Waals surface area contributed by atoms with Crippen molar-refractivity contribution >= 4 is 0 Å². The predicted octanol–water partition coefficient (Wildman–Crippen LogP) is 5.01. The van der Waals surface area contributed by atoms with Crippen LogP contribution in [0.1, 0.15) is 23.6 Å². The van der Waals surface area contributed by atoms with E-state index >= 15 is 0 Å². The number of methoxy groups -OCH3 is 1. The molecule has 0 fully saturated rings. The van der Waals surface area contributed by atoms with Gasteiger partial charge in [-0.1, -0.05) is 60.7 Å². The van der Waals surface area contributed by atoms with E-state index in [2.05, 4.69) is 29.6 Å². The van der Waals surface area contributed by atoms with Crippen LogP contribution in [0.4, 0.5) is 0 Å². The highest BCUT2D eigenvalue weighted by Gasteiger charge is 2.11. The van der Waals surface area contributed by atoms with Gasteiger partial charge >= 0.3 is 0 Å². The fourth-order valence-electron chi connectivity index (χ4n) is 3.22. The molecule has 0 saturated heterocycles. The van der Waals surface area contributed by atoms with E-state index < -0.39 is 0 Å². The smallest absolute Gasteiger partial charge is 0.166 e. The Hall–Kier alpha value is -2.98. The van der Waals surface area contributed by atoms with Gasteiger partial charge in [0.25, 0.3) is 0 Å².